The number of hydrogen-bond acceptors (Lipinski definition) is 5. The summed E-state index contributed by atoms with van der Waals surface area (Å²) in [6.45, 7) is 0.797. The minimum Gasteiger partial charge on any atom is -0.484 e. The first-order valence-corrected chi connectivity index (χ1v) is 8.07. The Labute approximate surface area is 135 Å². The summed E-state index contributed by atoms with van der Waals surface area (Å²) in [6.07, 6.45) is 7.62. The van der Waals surface area contributed by atoms with Crippen LogP contribution in [0.2, 0.25) is 0 Å². The second-order valence-electron chi connectivity index (χ2n) is 5.87. The van der Waals surface area contributed by atoms with Gasteiger partial charge in [0, 0.05) is 12.1 Å². The Kier molecular flexibility index (Phi) is 5.24. The van der Waals surface area contributed by atoms with Crippen molar-refractivity contribution in [2.24, 2.45) is 5.92 Å². The SMILES string of the molecule is O=C(COc1ccc(-c2nnco2)cc1)NCC1CCCCC1. The van der Waals surface area contributed by atoms with Crippen LogP contribution in [0, 0.1) is 5.92 Å². The lowest BCUT2D eigenvalue weighted by Gasteiger charge is -2.21. The van der Waals surface area contributed by atoms with Crippen LogP contribution in [0.25, 0.3) is 11.5 Å². The number of benzene rings is 1. The lowest BCUT2D eigenvalue weighted by atomic mass is 9.89. The molecule has 0 unspecified atom stereocenters. The summed E-state index contributed by atoms with van der Waals surface area (Å²) >= 11 is 0. The Bertz CT molecular complexity index is 605. The van der Waals surface area contributed by atoms with Gasteiger partial charge in [0.05, 0.1) is 0 Å². The van der Waals surface area contributed by atoms with Gasteiger partial charge in [-0.05, 0) is 43.0 Å². The minimum absolute atomic E-state index is 0.0343. The lowest BCUT2D eigenvalue weighted by molar-refractivity contribution is -0.123. The molecule has 1 amide bonds. The lowest BCUT2D eigenvalue weighted by Crippen LogP contribution is -2.33. The molecule has 122 valence electrons. The minimum atomic E-state index is -0.0726. The van der Waals surface area contributed by atoms with Crippen LogP contribution < -0.4 is 10.1 Å². The molecule has 0 bridgehead atoms. The fourth-order valence-electron chi connectivity index (χ4n) is 2.84. The van der Waals surface area contributed by atoms with Gasteiger partial charge in [0.2, 0.25) is 12.3 Å². The second-order valence-corrected chi connectivity index (χ2v) is 5.87. The number of nitrogens with one attached hydrogen (secondary N) is 1. The van der Waals surface area contributed by atoms with E-state index in [4.69, 9.17) is 9.15 Å². The zero-order valence-corrected chi connectivity index (χ0v) is 13.0. The molecule has 1 aliphatic carbocycles. The van der Waals surface area contributed by atoms with Gasteiger partial charge in [-0.3, -0.25) is 4.79 Å². The number of amides is 1. The van der Waals surface area contributed by atoms with Crippen molar-refractivity contribution < 1.29 is 13.9 Å². The Morgan fingerprint density at radius 3 is 2.70 bits per heavy atom. The molecule has 6 heteroatoms. The Balaban J connectivity index is 1.41. The Hall–Kier alpha value is -2.37. The maximum atomic E-state index is 11.8. The smallest absolute Gasteiger partial charge is 0.257 e. The highest BCUT2D eigenvalue weighted by molar-refractivity contribution is 5.77. The van der Waals surface area contributed by atoms with Crippen LogP contribution in [0.1, 0.15) is 32.1 Å². The van der Waals surface area contributed by atoms with Crippen molar-refractivity contribution in [1.29, 1.82) is 0 Å². The van der Waals surface area contributed by atoms with Gasteiger partial charge in [0.25, 0.3) is 5.91 Å². The number of aromatic nitrogens is 2. The van der Waals surface area contributed by atoms with E-state index in [2.05, 4.69) is 15.5 Å². The highest BCUT2D eigenvalue weighted by Gasteiger charge is 2.14. The van der Waals surface area contributed by atoms with E-state index in [9.17, 15) is 4.79 Å². The molecule has 1 aromatic heterocycles. The van der Waals surface area contributed by atoms with E-state index in [1.54, 1.807) is 12.1 Å². The first kappa shape index (κ1) is 15.5. The van der Waals surface area contributed by atoms with Crippen molar-refractivity contribution in [3.05, 3.63) is 30.7 Å². The molecule has 6 nitrogen and oxygen atoms in total. The van der Waals surface area contributed by atoms with Gasteiger partial charge in [-0.2, -0.15) is 0 Å². The molecular weight excluding hydrogens is 294 g/mol. The van der Waals surface area contributed by atoms with Gasteiger partial charge < -0.3 is 14.5 Å². The van der Waals surface area contributed by atoms with E-state index in [-0.39, 0.29) is 12.5 Å². The first-order valence-electron chi connectivity index (χ1n) is 8.07. The number of rotatable bonds is 6. The van der Waals surface area contributed by atoms with Crippen LogP contribution in [0.5, 0.6) is 5.75 Å². The summed E-state index contributed by atoms with van der Waals surface area (Å²) in [5, 5.41) is 10.4. The van der Waals surface area contributed by atoms with E-state index in [1.165, 1.54) is 38.5 Å². The van der Waals surface area contributed by atoms with Gasteiger partial charge >= 0.3 is 0 Å². The maximum Gasteiger partial charge on any atom is 0.257 e. The normalized spacial score (nSPS) is 15.3. The van der Waals surface area contributed by atoms with Crippen molar-refractivity contribution >= 4 is 5.91 Å². The van der Waals surface area contributed by atoms with Crippen molar-refractivity contribution in [1.82, 2.24) is 15.5 Å². The summed E-state index contributed by atoms with van der Waals surface area (Å²) in [6, 6.07) is 7.22. The van der Waals surface area contributed by atoms with Gasteiger partial charge in [-0.1, -0.05) is 19.3 Å². The average Bonchev–Trinajstić information content (AvgIpc) is 3.14. The summed E-state index contributed by atoms with van der Waals surface area (Å²) in [5.41, 5.74) is 0.816. The fraction of sp³-hybridized carbons (Fsp3) is 0.471. The third-order valence-electron chi connectivity index (χ3n) is 4.14. The highest BCUT2D eigenvalue weighted by atomic mass is 16.5. The molecule has 2 aromatic rings. The summed E-state index contributed by atoms with van der Waals surface area (Å²) < 4.78 is 10.6. The van der Waals surface area contributed by atoms with Crippen LogP contribution in [0.4, 0.5) is 0 Å². The molecule has 0 radical (unpaired) electrons. The molecule has 1 N–H and O–H groups in total. The van der Waals surface area contributed by atoms with Crippen molar-refractivity contribution in [3.8, 4) is 17.2 Å². The monoisotopic (exact) mass is 315 g/mol. The first-order chi connectivity index (χ1) is 11.3. The Morgan fingerprint density at radius 2 is 2.00 bits per heavy atom. The summed E-state index contributed by atoms with van der Waals surface area (Å²) in [4.78, 5) is 11.8. The van der Waals surface area contributed by atoms with Crippen LogP contribution in [0.15, 0.2) is 35.1 Å². The molecule has 1 heterocycles. The van der Waals surface area contributed by atoms with Gasteiger partial charge in [0.1, 0.15) is 5.75 Å². The number of hydrogen-bond donors (Lipinski definition) is 1. The third kappa shape index (κ3) is 4.55. The molecular formula is C17H21N3O3. The van der Waals surface area contributed by atoms with Gasteiger partial charge in [-0.25, -0.2) is 0 Å². The van der Waals surface area contributed by atoms with Crippen LogP contribution in [0.3, 0.4) is 0 Å². The molecule has 1 aromatic carbocycles. The average molecular weight is 315 g/mol. The fourth-order valence-corrected chi connectivity index (χ4v) is 2.84. The molecule has 0 atom stereocenters. The molecule has 23 heavy (non-hydrogen) atoms. The largest absolute Gasteiger partial charge is 0.484 e. The van der Waals surface area contributed by atoms with E-state index in [0.29, 0.717) is 17.6 Å². The van der Waals surface area contributed by atoms with Crippen LogP contribution >= 0.6 is 0 Å². The van der Waals surface area contributed by atoms with Gasteiger partial charge in [0.15, 0.2) is 6.61 Å². The molecule has 1 aliphatic rings. The predicted octanol–water partition coefficient (Wildman–Crippen LogP) is 2.81. The Morgan fingerprint density at radius 1 is 1.22 bits per heavy atom. The van der Waals surface area contributed by atoms with E-state index >= 15 is 0 Å². The van der Waals surface area contributed by atoms with Gasteiger partial charge in [-0.15, -0.1) is 10.2 Å². The third-order valence-corrected chi connectivity index (χ3v) is 4.14. The standard InChI is InChI=1S/C17H21N3O3/c21-16(18-10-13-4-2-1-3-5-13)11-22-15-8-6-14(7-9-15)17-20-19-12-23-17/h6-9,12-13H,1-5,10-11H2,(H,18,21). The quantitative estimate of drug-likeness (QED) is 0.887. The van der Waals surface area contributed by atoms with Crippen molar-refractivity contribution in [2.75, 3.05) is 13.2 Å². The highest BCUT2D eigenvalue weighted by Crippen LogP contribution is 2.23. The summed E-state index contributed by atoms with van der Waals surface area (Å²) in [7, 11) is 0. The van der Waals surface area contributed by atoms with Crippen LogP contribution in [-0.2, 0) is 4.79 Å². The maximum absolute atomic E-state index is 11.8. The zero-order chi connectivity index (χ0) is 15.9. The van der Waals surface area contributed by atoms with E-state index < -0.39 is 0 Å². The molecule has 3 rings (SSSR count). The number of carbonyl (C=O) groups excluding carboxylic acids is 1. The second kappa shape index (κ2) is 7.76. The van der Waals surface area contributed by atoms with Crippen LogP contribution in [-0.4, -0.2) is 29.3 Å². The molecule has 0 saturated heterocycles. The number of ether oxygens (including phenoxy) is 1. The topological polar surface area (TPSA) is 77.2 Å². The number of nitrogens with zero attached hydrogens (tertiary/aromatic N) is 2. The molecule has 1 fully saturated rings. The molecule has 0 spiro atoms. The van der Waals surface area contributed by atoms with Crippen molar-refractivity contribution in [3.63, 3.8) is 0 Å². The van der Waals surface area contributed by atoms with E-state index in [0.717, 1.165) is 12.1 Å². The van der Waals surface area contributed by atoms with E-state index in [1.807, 2.05) is 12.1 Å². The zero-order valence-electron chi connectivity index (χ0n) is 13.0. The molecule has 0 aliphatic heterocycles. The number of carbonyl (C=O) groups is 1. The summed E-state index contributed by atoms with van der Waals surface area (Å²) in [5.74, 6) is 1.65. The molecule has 1 saturated carbocycles. The predicted molar refractivity (Wildman–Crippen MR) is 84.8 cm³/mol. The van der Waals surface area contributed by atoms with Crippen molar-refractivity contribution in [2.45, 2.75) is 32.1 Å².